The third-order valence-electron chi connectivity index (χ3n) is 5.13. The summed E-state index contributed by atoms with van der Waals surface area (Å²) in [6.07, 6.45) is 1.05. The number of likely N-dealkylation sites (tertiary alicyclic amines) is 1. The Bertz CT molecular complexity index is 1100. The van der Waals surface area contributed by atoms with Crippen LogP contribution in [0.15, 0.2) is 51.8 Å². The summed E-state index contributed by atoms with van der Waals surface area (Å²) in [4.78, 5) is 14.5. The number of benzene rings is 2. The molecule has 4 rings (SSSR count). The minimum absolute atomic E-state index is 0.0174. The smallest absolute Gasteiger partial charge is 0.309 e. The molecule has 6 nitrogen and oxygen atoms in total. The molecule has 0 amide bonds. The van der Waals surface area contributed by atoms with E-state index in [9.17, 15) is 17.6 Å². The Morgan fingerprint density at radius 2 is 1.93 bits per heavy atom. The zero-order valence-electron chi connectivity index (χ0n) is 15.3. The van der Waals surface area contributed by atoms with E-state index in [1.165, 1.54) is 18.2 Å². The molecule has 1 saturated heterocycles. The molecule has 0 bridgehead atoms. The van der Waals surface area contributed by atoms with E-state index in [-0.39, 0.29) is 28.4 Å². The Morgan fingerprint density at radius 1 is 1.21 bits per heavy atom. The van der Waals surface area contributed by atoms with Crippen LogP contribution >= 0.6 is 11.6 Å². The number of amidine groups is 1. The van der Waals surface area contributed by atoms with Crippen molar-refractivity contribution in [3.05, 3.63) is 64.4 Å². The SMILES string of the molecule is O=C(OCc1ccc(F)cc1Cl)C1CCN(C2=NS(=O)(=O)c3ccccc32)CC1. The molecule has 2 aromatic rings. The Labute approximate surface area is 173 Å². The molecule has 2 aliphatic rings. The number of hydrogen-bond acceptors (Lipinski definition) is 5. The topological polar surface area (TPSA) is 76.0 Å². The van der Waals surface area contributed by atoms with Crippen LogP contribution < -0.4 is 0 Å². The first-order chi connectivity index (χ1) is 13.8. The van der Waals surface area contributed by atoms with Gasteiger partial charge in [-0.3, -0.25) is 4.79 Å². The van der Waals surface area contributed by atoms with E-state index in [1.54, 1.807) is 24.3 Å². The van der Waals surface area contributed by atoms with Crippen molar-refractivity contribution in [2.45, 2.75) is 24.3 Å². The van der Waals surface area contributed by atoms with Crippen LogP contribution in [0.3, 0.4) is 0 Å². The third-order valence-corrected chi connectivity index (χ3v) is 6.80. The lowest BCUT2D eigenvalue weighted by molar-refractivity contribution is -0.151. The molecule has 152 valence electrons. The number of sulfonamides is 1. The normalized spacial score (nSPS) is 18.3. The molecule has 0 aliphatic carbocycles. The van der Waals surface area contributed by atoms with Crippen molar-refractivity contribution >= 4 is 33.4 Å². The fourth-order valence-electron chi connectivity index (χ4n) is 3.55. The average Bonchev–Trinajstić information content (AvgIpc) is 2.99. The zero-order chi connectivity index (χ0) is 20.6. The second-order valence-electron chi connectivity index (χ2n) is 6.99. The van der Waals surface area contributed by atoms with Crippen LogP contribution in [0.25, 0.3) is 0 Å². The second kappa shape index (κ2) is 7.76. The number of carbonyl (C=O) groups excluding carboxylic acids is 1. The molecule has 0 N–H and O–H groups in total. The molecule has 2 heterocycles. The maximum atomic E-state index is 13.1. The lowest BCUT2D eigenvalue weighted by atomic mass is 9.96. The van der Waals surface area contributed by atoms with Crippen molar-refractivity contribution in [1.82, 2.24) is 4.90 Å². The fourth-order valence-corrected chi connectivity index (χ4v) is 5.00. The molecular weight excluding hydrogens is 419 g/mol. The van der Waals surface area contributed by atoms with Crippen LogP contribution in [0, 0.1) is 11.7 Å². The Balaban J connectivity index is 1.37. The highest BCUT2D eigenvalue weighted by Gasteiger charge is 2.34. The van der Waals surface area contributed by atoms with Gasteiger partial charge in [0.05, 0.1) is 10.9 Å². The molecular formula is C20H18ClFN2O4S. The lowest BCUT2D eigenvalue weighted by Crippen LogP contribution is -2.40. The van der Waals surface area contributed by atoms with E-state index in [0.717, 1.165) is 0 Å². The predicted molar refractivity (Wildman–Crippen MR) is 106 cm³/mol. The van der Waals surface area contributed by atoms with Gasteiger partial charge in [-0.25, -0.2) is 4.39 Å². The zero-order valence-corrected chi connectivity index (χ0v) is 16.9. The van der Waals surface area contributed by atoms with Crippen molar-refractivity contribution in [3.63, 3.8) is 0 Å². The van der Waals surface area contributed by atoms with Gasteiger partial charge in [-0.15, -0.1) is 4.40 Å². The number of carbonyl (C=O) groups is 1. The maximum absolute atomic E-state index is 13.1. The largest absolute Gasteiger partial charge is 0.461 e. The van der Waals surface area contributed by atoms with Gasteiger partial charge in [-0.2, -0.15) is 8.42 Å². The Kier molecular flexibility index (Phi) is 5.31. The van der Waals surface area contributed by atoms with Crippen LogP contribution in [0.4, 0.5) is 4.39 Å². The summed E-state index contributed by atoms with van der Waals surface area (Å²) in [7, 11) is -3.66. The molecule has 9 heteroatoms. The van der Waals surface area contributed by atoms with Gasteiger partial charge in [0, 0.05) is 24.2 Å². The van der Waals surface area contributed by atoms with Gasteiger partial charge >= 0.3 is 5.97 Å². The van der Waals surface area contributed by atoms with E-state index in [1.807, 2.05) is 4.90 Å². The molecule has 0 aromatic heterocycles. The molecule has 2 aliphatic heterocycles. The van der Waals surface area contributed by atoms with E-state index >= 15 is 0 Å². The molecule has 0 unspecified atom stereocenters. The van der Waals surface area contributed by atoms with Crippen LogP contribution in [-0.4, -0.2) is 38.2 Å². The summed E-state index contributed by atoms with van der Waals surface area (Å²) in [5.41, 5.74) is 1.14. The monoisotopic (exact) mass is 436 g/mol. The molecule has 1 fully saturated rings. The fraction of sp³-hybridized carbons (Fsp3) is 0.300. The van der Waals surface area contributed by atoms with Crippen molar-refractivity contribution in [2.75, 3.05) is 13.1 Å². The van der Waals surface area contributed by atoms with Crippen LogP contribution in [-0.2, 0) is 26.2 Å². The van der Waals surface area contributed by atoms with Gasteiger partial charge in [-0.1, -0.05) is 29.8 Å². The molecule has 0 saturated carbocycles. The number of hydrogen-bond donors (Lipinski definition) is 0. The van der Waals surface area contributed by atoms with Crippen molar-refractivity contribution in [2.24, 2.45) is 10.3 Å². The maximum Gasteiger partial charge on any atom is 0.309 e. The number of ether oxygens (including phenoxy) is 1. The molecule has 2 aromatic carbocycles. The number of esters is 1. The van der Waals surface area contributed by atoms with Gasteiger partial charge < -0.3 is 9.64 Å². The summed E-state index contributed by atoms with van der Waals surface area (Å²) in [6, 6.07) is 10.7. The standard InChI is InChI=1S/C20H18ClFN2O4S/c21-17-11-15(22)6-5-14(17)12-28-20(25)13-7-9-24(10-8-13)19-16-3-1-2-4-18(16)29(26,27)23-19/h1-6,11,13H,7-10,12H2. The van der Waals surface area contributed by atoms with E-state index in [4.69, 9.17) is 16.3 Å². The lowest BCUT2D eigenvalue weighted by Gasteiger charge is -2.32. The minimum Gasteiger partial charge on any atom is -0.461 e. The summed E-state index contributed by atoms with van der Waals surface area (Å²) < 4.78 is 46.8. The number of piperidine rings is 1. The second-order valence-corrected chi connectivity index (χ2v) is 8.97. The Morgan fingerprint density at radius 3 is 2.66 bits per heavy atom. The number of fused-ring (bicyclic) bond motifs is 1. The molecule has 0 radical (unpaired) electrons. The highest BCUT2D eigenvalue weighted by atomic mass is 35.5. The van der Waals surface area contributed by atoms with Gasteiger partial charge in [0.15, 0.2) is 5.84 Å². The predicted octanol–water partition coefficient (Wildman–Crippen LogP) is 3.38. The summed E-state index contributed by atoms with van der Waals surface area (Å²) in [6.45, 7) is 0.982. The van der Waals surface area contributed by atoms with Crippen molar-refractivity contribution in [3.8, 4) is 0 Å². The molecule has 0 spiro atoms. The Hall–Kier alpha value is -2.45. The van der Waals surface area contributed by atoms with Crippen molar-refractivity contribution < 1.29 is 22.3 Å². The first kappa shape index (κ1) is 19.8. The quantitative estimate of drug-likeness (QED) is 0.689. The van der Waals surface area contributed by atoms with Crippen LogP contribution in [0.5, 0.6) is 0 Å². The highest BCUT2D eigenvalue weighted by molar-refractivity contribution is 7.90. The van der Waals surface area contributed by atoms with E-state index in [2.05, 4.69) is 4.40 Å². The number of halogens is 2. The van der Waals surface area contributed by atoms with Gasteiger partial charge in [0.2, 0.25) is 0 Å². The molecule has 29 heavy (non-hydrogen) atoms. The van der Waals surface area contributed by atoms with Gasteiger partial charge in [0.1, 0.15) is 17.3 Å². The van der Waals surface area contributed by atoms with Crippen LogP contribution in [0.1, 0.15) is 24.0 Å². The minimum atomic E-state index is -3.66. The van der Waals surface area contributed by atoms with E-state index in [0.29, 0.717) is 42.9 Å². The van der Waals surface area contributed by atoms with E-state index < -0.39 is 15.8 Å². The summed E-state index contributed by atoms with van der Waals surface area (Å²) >= 11 is 5.95. The summed E-state index contributed by atoms with van der Waals surface area (Å²) in [5, 5.41) is 0.215. The number of rotatable bonds is 3. The van der Waals surface area contributed by atoms with Gasteiger partial charge in [-0.05, 0) is 37.1 Å². The third kappa shape index (κ3) is 4.00. The highest BCUT2D eigenvalue weighted by Crippen LogP contribution is 2.30. The van der Waals surface area contributed by atoms with Crippen molar-refractivity contribution in [1.29, 1.82) is 0 Å². The molecule has 0 atom stereocenters. The summed E-state index contributed by atoms with van der Waals surface area (Å²) in [5.74, 6) is -0.646. The number of nitrogens with zero attached hydrogens (tertiary/aromatic N) is 2. The first-order valence-corrected chi connectivity index (χ1v) is 11.0. The van der Waals surface area contributed by atoms with Gasteiger partial charge in [0.25, 0.3) is 10.0 Å². The first-order valence-electron chi connectivity index (χ1n) is 9.15. The van der Waals surface area contributed by atoms with Crippen LogP contribution in [0.2, 0.25) is 5.02 Å². The average molecular weight is 437 g/mol.